The maximum absolute atomic E-state index is 12.6. The van der Waals surface area contributed by atoms with Crippen molar-refractivity contribution in [2.45, 2.75) is 42.2 Å². The standard InChI is InChI=1S/C16H17N3O7S/c1-15(2)10(18-12(21)16(17,14(22)23)13(18)27-15)11(20)26-7-8-3-5-9(6-4-8)19(24)25/h3-6,10,13H,7,17H2,1-2H3,(H,22,23)/t10-,13+,16-/m0/s1. The molecule has 0 aliphatic carbocycles. The van der Waals surface area contributed by atoms with Gasteiger partial charge in [-0.05, 0) is 31.5 Å². The Hall–Kier alpha value is -2.66. The van der Waals surface area contributed by atoms with Crippen LogP contribution >= 0.6 is 11.8 Å². The van der Waals surface area contributed by atoms with E-state index in [1.54, 1.807) is 13.8 Å². The summed E-state index contributed by atoms with van der Waals surface area (Å²) in [5.41, 5.74) is 4.16. The molecule has 1 amide bonds. The molecule has 10 nitrogen and oxygen atoms in total. The molecule has 0 radical (unpaired) electrons. The van der Waals surface area contributed by atoms with Crippen LogP contribution in [0, 0.1) is 10.1 Å². The number of carbonyl (C=O) groups is 3. The van der Waals surface area contributed by atoms with E-state index in [1.807, 2.05) is 0 Å². The molecule has 3 atom stereocenters. The Bertz CT molecular complexity index is 841. The molecule has 0 bridgehead atoms. The third-order valence-corrected chi connectivity index (χ3v) is 6.34. The number of β-lactam (4-membered cyclic amide) rings is 1. The van der Waals surface area contributed by atoms with Crippen molar-refractivity contribution in [3.63, 3.8) is 0 Å². The number of aliphatic carboxylic acids is 1. The first-order valence-electron chi connectivity index (χ1n) is 7.93. The van der Waals surface area contributed by atoms with Crippen LogP contribution in [-0.4, -0.2) is 54.5 Å². The fourth-order valence-electron chi connectivity index (χ4n) is 3.21. The smallest absolute Gasteiger partial charge is 0.336 e. The van der Waals surface area contributed by atoms with Crippen molar-refractivity contribution in [1.29, 1.82) is 0 Å². The molecule has 0 aromatic heterocycles. The van der Waals surface area contributed by atoms with E-state index in [4.69, 9.17) is 10.5 Å². The van der Waals surface area contributed by atoms with Crippen LogP contribution in [0.2, 0.25) is 0 Å². The number of rotatable bonds is 5. The van der Waals surface area contributed by atoms with Crippen LogP contribution in [0.4, 0.5) is 5.69 Å². The van der Waals surface area contributed by atoms with Gasteiger partial charge < -0.3 is 20.5 Å². The van der Waals surface area contributed by atoms with Gasteiger partial charge in [-0.1, -0.05) is 0 Å². The lowest BCUT2D eigenvalue weighted by Crippen LogP contribution is -2.80. The SMILES string of the molecule is CC1(C)S[C@H]2N(C(=O)[C@@]2(N)C(=O)O)[C@H]1C(=O)OCc1ccc([N+](=O)[O-])cc1. The van der Waals surface area contributed by atoms with Gasteiger partial charge in [0.05, 0.1) is 4.92 Å². The summed E-state index contributed by atoms with van der Waals surface area (Å²) >= 11 is 1.14. The van der Waals surface area contributed by atoms with Crippen LogP contribution in [0.25, 0.3) is 0 Å². The molecule has 3 rings (SSSR count). The highest BCUT2D eigenvalue weighted by Crippen LogP contribution is 2.54. The molecular weight excluding hydrogens is 378 g/mol. The van der Waals surface area contributed by atoms with Crippen molar-refractivity contribution in [3.8, 4) is 0 Å². The summed E-state index contributed by atoms with van der Waals surface area (Å²) in [6, 6.07) is 4.54. The Morgan fingerprint density at radius 1 is 1.37 bits per heavy atom. The van der Waals surface area contributed by atoms with Gasteiger partial charge >= 0.3 is 11.9 Å². The van der Waals surface area contributed by atoms with Gasteiger partial charge in [-0.25, -0.2) is 9.59 Å². The minimum Gasteiger partial charge on any atom is -0.479 e. The Labute approximate surface area is 157 Å². The van der Waals surface area contributed by atoms with Gasteiger partial charge in [-0.3, -0.25) is 14.9 Å². The van der Waals surface area contributed by atoms with Crippen LogP contribution in [-0.2, 0) is 25.7 Å². The number of nitrogens with zero attached hydrogens (tertiary/aromatic N) is 2. The number of nitro groups is 1. The molecule has 11 heteroatoms. The number of nitro benzene ring substituents is 1. The minimum absolute atomic E-state index is 0.0830. The van der Waals surface area contributed by atoms with Crippen LogP contribution in [0.1, 0.15) is 19.4 Å². The second-order valence-corrected chi connectivity index (χ2v) is 8.63. The van der Waals surface area contributed by atoms with Crippen LogP contribution in [0.3, 0.4) is 0 Å². The zero-order valence-corrected chi connectivity index (χ0v) is 15.3. The number of fused-ring (bicyclic) bond motifs is 1. The van der Waals surface area contributed by atoms with Crippen LogP contribution in [0.15, 0.2) is 24.3 Å². The molecule has 1 aromatic rings. The highest BCUT2D eigenvalue weighted by molar-refractivity contribution is 8.01. The number of hydrogen-bond acceptors (Lipinski definition) is 8. The molecular formula is C16H17N3O7S. The van der Waals surface area contributed by atoms with Crippen LogP contribution < -0.4 is 5.73 Å². The lowest BCUT2D eigenvalue weighted by atomic mass is 9.85. The van der Waals surface area contributed by atoms with E-state index < -0.39 is 44.5 Å². The maximum Gasteiger partial charge on any atom is 0.336 e. The second-order valence-electron chi connectivity index (χ2n) is 6.89. The normalized spacial score (nSPS) is 28.3. The molecule has 1 aromatic carbocycles. The summed E-state index contributed by atoms with van der Waals surface area (Å²) in [6.45, 7) is 3.29. The van der Waals surface area contributed by atoms with Gasteiger partial charge in [-0.2, -0.15) is 0 Å². The number of hydrogen-bond donors (Lipinski definition) is 2. The van der Waals surface area contributed by atoms with Crippen molar-refractivity contribution in [1.82, 2.24) is 4.90 Å². The van der Waals surface area contributed by atoms with Gasteiger partial charge in [0, 0.05) is 16.9 Å². The first kappa shape index (κ1) is 19.1. The molecule has 144 valence electrons. The number of esters is 1. The number of non-ortho nitro benzene ring substituents is 1. The summed E-state index contributed by atoms with van der Waals surface area (Å²) < 4.78 is 4.49. The molecule has 0 spiro atoms. The predicted octanol–water partition coefficient (Wildman–Crippen LogP) is 0.482. The first-order valence-corrected chi connectivity index (χ1v) is 8.81. The maximum atomic E-state index is 12.6. The minimum atomic E-state index is -2.05. The molecule has 2 heterocycles. The van der Waals surface area contributed by atoms with Crippen molar-refractivity contribution in [2.75, 3.05) is 0 Å². The predicted molar refractivity (Wildman–Crippen MR) is 93.5 cm³/mol. The number of ether oxygens (including phenoxy) is 1. The van der Waals surface area contributed by atoms with E-state index in [9.17, 15) is 29.6 Å². The third-order valence-electron chi connectivity index (χ3n) is 4.69. The van der Waals surface area contributed by atoms with Gasteiger partial charge in [0.15, 0.2) is 0 Å². The number of benzene rings is 1. The van der Waals surface area contributed by atoms with Gasteiger partial charge in [0.25, 0.3) is 11.6 Å². The topological polar surface area (TPSA) is 153 Å². The van der Waals surface area contributed by atoms with E-state index in [2.05, 4.69) is 0 Å². The van der Waals surface area contributed by atoms with Crippen molar-refractivity contribution >= 4 is 35.3 Å². The molecule has 2 aliphatic rings. The molecule has 2 aliphatic heterocycles. The molecule has 0 unspecified atom stereocenters. The summed E-state index contributed by atoms with van der Waals surface area (Å²) in [7, 11) is 0. The highest BCUT2D eigenvalue weighted by Gasteiger charge is 2.73. The Morgan fingerprint density at radius 2 is 1.96 bits per heavy atom. The highest BCUT2D eigenvalue weighted by atomic mass is 32.2. The Morgan fingerprint density at radius 3 is 2.48 bits per heavy atom. The summed E-state index contributed by atoms with van der Waals surface area (Å²) in [4.78, 5) is 47.6. The fraction of sp³-hybridized carbons (Fsp3) is 0.438. The number of amides is 1. The molecule has 0 saturated carbocycles. The lowest BCUT2D eigenvalue weighted by molar-refractivity contribution is -0.384. The van der Waals surface area contributed by atoms with E-state index in [0.717, 1.165) is 16.7 Å². The van der Waals surface area contributed by atoms with Crippen molar-refractivity contribution in [2.24, 2.45) is 5.73 Å². The van der Waals surface area contributed by atoms with E-state index in [0.29, 0.717) is 5.56 Å². The number of carboxylic acid groups (broad SMARTS) is 1. The molecule has 27 heavy (non-hydrogen) atoms. The number of carbonyl (C=O) groups excluding carboxylic acids is 2. The second kappa shape index (κ2) is 6.20. The molecule has 2 fully saturated rings. The number of nitrogens with two attached hydrogens (primary N) is 1. The average molecular weight is 395 g/mol. The van der Waals surface area contributed by atoms with Crippen LogP contribution in [0.5, 0.6) is 0 Å². The zero-order valence-electron chi connectivity index (χ0n) is 14.4. The first-order chi connectivity index (χ1) is 12.5. The Kier molecular flexibility index (Phi) is 4.39. The van der Waals surface area contributed by atoms with Gasteiger partial charge in [0.1, 0.15) is 18.0 Å². The van der Waals surface area contributed by atoms with E-state index in [1.165, 1.54) is 24.3 Å². The van der Waals surface area contributed by atoms with E-state index in [-0.39, 0.29) is 12.3 Å². The van der Waals surface area contributed by atoms with E-state index >= 15 is 0 Å². The summed E-state index contributed by atoms with van der Waals surface area (Å²) in [5, 5.41) is 19.1. The summed E-state index contributed by atoms with van der Waals surface area (Å²) in [5.74, 6) is -2.94. The quantitative estimate of drug-likeness (QED) is 0.238. The molecule has 3 N–H and O–H groups in total. The zero-order chi connectivity index (χ0) is 20.1. The number of carboxylic acids is 1. The summed E-state index contributed by atoms with van der Waals surface area (Å²) in [6.07, 6.45) is 0. The Balaban J connectivity index is 1.72. The third kappa shape index (κ3) is 2.82. The largest absolute Gasteiger partial charge is 0.479 e. The fourth-order valence-corrected chi connectivity index (χ4v) is 4.84. The molecule has 2 saturated heterocycles. The van der Waals surface area contributed by atoms with Gasteiger partial charge in [-0.15, -0.1) is 11.8 Å². The lowest BCUT2D eigenvalue weighted by Gasteiger charge is -2.48. The van der Waals surface area contributed by atoms with Crippen molar-refractivity contribution < 1.29 is 29.2 Å². The van der Waals surface area contributed by atoms with Gasteiger partial charge in [0.2, 0.25) is 5.54 Å². The number of thioether (sulfide) groups is 1. The monoisotopic (exact) mass is 395 g/mol. The van der Waals surface area contributed by atoms with Crippen molar-refractivity contribution in [3.05, 3.63) is 39.9 Å². The average Bonchev–Trinajstić information content (AvgIpc) is 2.88.